The Balaban J connectivity index is 1.17. The average molecular weight is 453 g/mol. The molecule has 1 aromatic heterocycles. The van der Waals surface area contributed by atoms with E-state index in [4.69, 9.17) is 0 Å². The van der Waals surface area contributed by atoms with Gasteiger partial charge in [0.1, 0.15) is 0 Å². The third kappa shape index (κ3) is 4.65. The molecule has 5 rings (SSSR count). The number of nitrogens with one attached hydrogen (secondary N) is 2. The molecule has 3 saturated heterocycles. The van der Waals surface area contributed by atoms with Crippen LogP contribution in [0, 0.1) is 0 Å². The van der Waals surface area contributed by atoms with Crippen LogP contribution in [0.25, 0.3) is 10.9 Å². The van der Waals surface area contributed by atoms with E-state index >= 15 is 0 Å². The molecule has 0 saturated carbocycles. The second kappa shape index (κ2) is 9.44. The lowest BCUT2D eigenvalue weighted by molar-refractivity contribution is -0.133. The SMILES string of the molecule is CN1CCN(C(=O)CC[C@@H]2CNC(=O)[C@H]3C[C@@H](NCc4cn(C)c5ccccc45)CN23)CC1. The predicted octanol–water partition coefficient (Wildman–Crippen LogP) is 0.763. The van der Waals surface area contributed by atoms with E-state index in [1.165, 1.54) is 16.5 Å². The summed E-state index contributed by atoms with van der Waals surface area (Å²) in [6.45, 7) is 5.83. The topological polar surface area (TPSA) is 72.8 Å². The zero-order valence-corrected chi connectivity index (χ0v) is 19.8. The maximum Gasteiger partial charge on any atom is 0.237 e. The lowest BCUT2D eigenvalue weighted by atomic mass is 10.0. The van der Waals surface area contributed by atoms with Crippen LogP contribution in [0.2, 0.25) is 0 Å². The van der Waals surface area contributed by atoms with Crippen molar-refractivity contribution in [2.45, 2.75) is 43.9 Å². The van der Waals surface area contributed by atoms with Gasteiger partial charge in [-0.25, -0.2) is 0 Å². The summed E-state index contributed by atoms with van der Waals surface area (Å²) in [5, 5.41) is 8.08. The molecule has 0 aliphatic carbocycles. The number of hydrogen-bond donors (Lipinski definition) is 2. The molecule has 2 N–H and O–H groups in total. The molecule has 0 spiro atoms. The Morgan fingerprint density at radius 3 is 2.76 bits per heavy atom. The van der Waals surface area contributed by atoms with Gasteiger partial charge >= 0.3 is 0 Å². The third-order valence-electron chi connectivity index (χ3n) is 7.73. The number of likely N-dealkylation sites (N-methyl/N-ethyl adjacent to an activating group) is 1. The summed E-state index contributed by atoms with van der Waals surface area (Å²) < 4.78 is 2.17. The summed E-state index contributed by atoms with van der Waals surface area (Å²) in [6.07, 6.45) is 4.37. The first-order valence-electron chi connectivity index (χ1n) is 12.3. The van der Waals surface area contributed by atoms with Gasteiger partial charge in [-0.05, 0) is 31.5 Å². The van der Waals surface area contributed by atoms with Crippen molar-refractivity contribution < 1.29 is 9.59 Å². The Labute approximate surface area is 195 Å². The third-order valence-corrected chi connectivity index (χ3v) is 7.73. The van der Waals surface area contributed by atoms with Gasteiger partial charge in [0.15, 0.2) is 0 Å². The molecule has 0 radical (unpaired) electrons. The van der Waals surface area contributed by atoms with Crippen LogP contribution in [-0.2, 0) is 23.2 Å². The molecule has 3 aliphatic heterocycles. The first kappa shape index (κ1) is 22.4. The Morgan fingerprint density at radius 2 is 1.94 bits per heavy atom. The van der Waals surface area contributed by atoms with E-state index in [2.05, 4.69) is 69.6 Å². The summed E-state index contributed by atoms with van der Waals surface area (Å²) in [7, 11) is 4.19. The van der Waals surface area contributed by atoms with Crippen molar-refractivity contribution in [3.8, 4) is 0 Å². The number of carbonyl (C=O) groups excluding carboxylic acids is 2. The Morgan fingerprint density at radius 1 is 1.15 bits per heavy atom. The van der Waals surface area contributed by atoms with Gasteiger partial charge in [-0.3, -0.25) is 14.5 Å². The molecule has 3 fully saturated rings. The fourth-order valence-electron chi connectivity index (χ4n) is 5.72. The van der Waals surface area contributed by atoms with Gasteiger partial charge in [0.05, 0.1) is 6.04 Å². The van der Waals surface area contributed by atoms with Gasteiger partial charge in [0, 0.05) is 88.5 Å². The summed E-state index contributed by atoms with van der Waals surface area (Å²) in [5.74, 6) is 0.382. The van der Waals surface area contributed by atoms with Gasteiger partial charge in [-0.1, -0.05) is 18.2 Å². The minimum Gasteiger partial charge on any atom is -0.353 e. The van der Waals surface area contributed by atoms with E-state index < -0.39 is 0 Å². The lowest BCUT2D eigenvalue weighted by Gasteiger charge is -2.38. The molecule has 0 bridgehead atoms. The van der Waals surface area contributed by atoms with Crippen LogP contribution in [0.3, 0.4) is 0 Å². The number of hydrogen-bond acceptors (Lipinski definition) is 5. The second-order valence-corrected chi connectivity index (χ2v) is 9.93. The molecular formula is C25H36N6O2. The molecular weight excluding hydrogens is 416 g/mol. The zero-order valence-electron chi connectivity index (χ0n) is 19.8. The van der Waals surface area contributed by atoms with Gasteiger partial charge in [-0.2, -0.15) is 0 Å². The molecule has 8 nitrogen and oxygen atoms in total. The number of piperazine rings is 2. The highest BCUT2D eigenvalue weighted by Crippen LogP contribution is 2.27. The van der Waals surface area contributed by atoms with E-state index in [0.29, 0.717) is 13.0 Å². The van der Waals surface area contributed by atoms with Crippen LogP contribution in [0.4, 0.5) is 0 Å². The molecule has 8 heteroatoms. The number of para-hydroxylation sites is 1. The molecule has 3 atom stereocenters. The van der Waals surface area contributed by atoms with Crippen LogP contribution in [0.1, 0.15) is 24.8 Å². The van der Waals surface area contributed by atoms with Gasteiger partial charge in [0.2, 0.25) is 11.8 Å². The summed E-state index contributed by atoms with van der Waals surface area (Å²) >= 11 is 0. The van der Waals surface area contributed by atoms with Crippen molar-refractivity contribution in [1.29, 1.82) is 0 Å². The standard InChI is InChI=1S/C25H36N6O2/c1-28-9-11-30(12-10-28)24(32)8-7-20-15-27-25(33)23-13-19(17-31(20)23)26-14-18-16-29(2)22-6-4-3-5-21(18)22/h3-6,16,19-20,23,26H,7-15,17H2,1-2H3,(H,27,33)/t19-,20-,23-/m1/s1. The van der Waals surface area contributed by atoms with E-state index in [1.54, 1.807) is 0 Å². The fraction of sp³-hybridized carbons (Fsp3) is 0.600. The van der Waals surface area contributed by atoms with Gasteiger partial charge in [-0.15, -0.1) is 0 Å². The quantitative estimate of drug-likeness (QED) is 0.677. The van der Waals surface area contributed by atoms with E-state index in [0.717, 1.165) is 52.1 Å². The highest BCUT2D eigenvalue weighted by atomic mass is 16.2. The minimum absolute atomic E-state index is 0.0903. The molecule has 1 aromatic carbocycles. The van der Waals surface area contributed by atoms with Crippen LogP contribution in [-0.4, -0.2) is 95.5 Å². The number of rotatable bonds is 6. The molecule has 4 heterocycles. The van der Waals surface area contributed by atoms with E-state index in [-0.39, 0.29) is 29.9 Å². The monoisotopic (exact) mass is 452 g/mol. The number of nitrogens with zero attached hydrogens (tertiary/aromatic N) is 4. The predicted molar refractivity (Wildman–Crippen MR) is 129 cm³/mol. The molecule has 2 aromatic rings. The average Bonchev–Trinajstić information content (AvgIpc) is 3.40. The van der Waals surface area contributed by atoms with Crippen molar-refractivity contribution in [2.75, 3.05) is 46.3 Å². The van der Waals surface area contributed by atoms with Crippen molar-refractivity contribution >= 4 is 22.7 Å². The first-order valence-corrected chi connectivity index (χ1v) is 12.3. The normalized spacial score (nSPS) is 26.5. The number of fused-ring (bicyclic) bond motifs is 2. The van der Waals surface area contributed by atoms with Crippen LogP contribution in [0.15, 0.2) is 30.5 Å². The Bertz CT molecular complexity index is 1010. The molecule has 2 amide bonds. The molecule has 33 heavy (non-hydrogen) atoms. The number of amides is 2. The summed E-state index contributed by atoms with van der Waals surface area (Å²) in [6, 6.07) is 8.88. The van der Waals surface area contributed by atoms with Crippen LogP contribution in [0.5, 0.6) is 0 Å². The van der Waals surface area contributed by atoms with Gasteiger partial charge < -0.3 is 25.0 Å². The number of benzene rings is 1. The highest BCUT2D eigenvalue weighted by Gasteiger charge is 2.43. The van der Waals surface area contributed by atoms with Crippen LogP contribution < -0.4 is 10.6 Å². The largest absolute Gasteiger partial charge is 0.353 e. The van der Waals surface area contributed by atoms with E-state index in [9.17, 15) is 9.59 Å². The van der Waals surface area contributed by atoms with Crippen molar-refractivity contribution in [3.63, 3.8) is 0 Å². The van der Waals surface area contributed by atoms with Crippen molar-refractivity contribution in [3.05, 3.63) is 36.0 Å². The molecule has 178 valence electrons. The number of aryl methyl sites for hydroxylation is 1. The highest BCUT2D eigenvalue weighted by molar-refractivity contribution is 5.84. The smallest absolute Gasteiger partial charge is 0.237 e. The fourth-order valence-corrected chi connectivity index (χ4v) is 5.72. The second-order valence-electron chi connectivity index (χ2n) is 9.93. The van der Waals surface area contributed by atoms with Crippen molar-refractivity contribution in [2.24, 2.45) is 7.05 Å². The maximum absolute atomic E-state index is 12.7. The number of carbonyl (C=O) groups is 2. The van der Waals surface area contributed by atoms with E-state index in [1.807, 2.05) is 4.90 Å². The summed E-state index contributed by atoms with van der Waals surface area (Å²) in [5.41, 5.74) is 2.53. The van der Waals surface area contributed by atoms with Crippen molar-refractivity contribution in [1.82, 2.24) is 29.9 Å². The minimum atomic E-state index is -0.0903. The lowest BCUT2D eigenvalue weighted by Crippen LogP contribution is -2.58. The maximum atomic E-state index is 12.7. The van der Waals surface area contributed by atoms with Crippen LogP contribution >= 0.6 is 0 Å². The first-order chi connectivity index (χ1) is 16.0. The number of aromatic nitrogens is 1. The summed E-state index contributed by atoms with van der Waals surface area (Å²) in [4.78, 5) is 31.9. The Kier molecular flexibility index (Phi) is 6.40. The molecule has 0 unspecified atom stereocenters. The zero-order chi connectivity index (χ0) is 22.9. The molecule has 3 aliphatic rings. The van der Waals surface area contributed by atoms with Gasteiger partial charge in [0.25, 0.3) is 0 Å². The Hall–Kier alpha value is -2.42.